The van der Waals surface area contributed by atoms with E-state index in [4.69, 9.17) is 11.6 Å². The summed E-state index contributed by atoms with van der Waals surface area (Å²) >= 11 is 6.01. The van der Waals surface area contributed by atoms with Crippen molar-refractivity contribution in [3.05, 3.63) is 59.4 Å². The molecule has 124 valence electrons. The molecule has 6 heteroatoms. The van der Waals surface area contributed by atoms with Gasteiger partial charge in [-0.25, -0.2) is 4.98 Å². The largest absolute Gasteiger partial charge is 0.338 e. The van der Waals surface area contributed by atoms with E-state index in [9.17, 15) is 9.59 Å². The van der Waals surface area contributed by atoms with Crippen LogP contribution in [-0.4, -0.2) is 34.8 Å². The molecule has 2 aromatic rings. The number of carbonyl (C=O) groups excluding carboxylic acids is 2. The number of likely N-dealkylation sites (tertiary alicyclic amines) is 1. The number of benzene rings is 1. The number of rotatable bonds is 3. The number of para-hydroxylation sites is 1. The average Bonchev–Trinajstić information content (AvgIpc) is 2.62. The second kappa shape index (κ2) is 7.45. The maximum atomic E-state index is 12.6. The molecule has 1 aromatic heterocycles. The van der Waals surface area contributed by atoms with Gasteiger partial charge in [-0.05, 0) is 37.1 Å². The average molecular weight is 344 g/mol. The standard InChI is InChI=1S/C18H18ClN3O2/c19-16-15(9-4-10-20-16)18(24)22-11-5-6-13(12-22)17(23)21-14-7-2-1-3-8-14/h1-4,7-10,13H,5-6,11-12H2,(H,21,23)/t13-/m1/s1. The van der Waals surface area contributed by atoms with Crippen molar-refractivity contribution in [1.82, 2.24) is 9.88 Å². The first kappa shape index (κ1) is 16.5. The lowest BCUT2D eigenvalue weighted by atomic mass is 9.96. The van der Waals surface area contributed by atoms with Crippen molar-refractivity contribution in [3.8, 4) is 0 Å². The summed E-state index contributed by atoms with van der Waals surface area (Å²) in [7, 11) is 0. The fourth-order valence-electron chi connectivity index (χ4n) is 2.86. The summed E-state index contributed by atoms with van der Waals surface area (Å²) in [5, 5.41) is 3.10. The van der Waals surface area contributed by atoms with Gasteiger partial charge in [0.25, 0.3) is 5.91 Å². The van der Waals surface area contributed by atoms with Gasteiger partial charge in [0, 0.05) is 25.0 Å². The fraction of sp³-hybridized carbons (Fsp3) is 0.278. The lowest BCUT2D eigenvalue weighted by Crippen LogP contribution is -2.43. The number of amides is 2. The monoisotopic (exact) mass is 343 g/mol. The van der Waals surface area contributed by atoms with Crippen molar-refractivity contribution < 1.29 is 9.59 Å². The molecule has 1 fully saturated rings. The summed E-state index contributed by atoms with van der Waals surface area (Å²) in [6, 6.07) is 12.7. The summed E-state index contributed by atoms with van der Waals surface area (Å²) in [6.45, 7) is 1.02. The van der Waals surface area contributed by atoms with E-state index in [0.717, 1.165) is 18.5 Å². The highest BCUT2D eigenvalue weighted by Gasteiger charge is 2.29. The SMILES string of the molecule is O=C(Nc1ccccc1)[C@@H]1CCCN(C(=O)c2cccnc2Cl)C1. The summed E-state index contributed by atoms with van der Waals surface area (Å²) in [4.78, 5) is 30.7. The Kier molecular flexibility index (Phi) is 5.11. The van der Waals surface area contributed by atoms with E-state index in [1.807, 2.05) is 30.3 Å². The first-order valence-electron chi connectivity index (χ1n) is 7.91. The number of hydrogen-bond donors (Lipinski definition) is 1. The van der Waals surface area contributed by atoms with E-state index in [2.05, 4.69) is 10.3 Å². The summed E-state index contributed by atoms with van der Waals surface area (Å²) in [5.41, 5.74) is 1.14. The molecular formula is C18H18ClN3O2. The molecule has 0 saturated carbocycles. The van der Waals surface area contributed by atoms with Crippen molar-refractivity contribution in [2.45, 2.75) is 12.8 Å². The molecular weight excluding hydrogens is 326 g/mol. The molecule has 0 bridgehead atoms. The molecule has 1 aromatic carbocycles. The molecule has 24 heavy (non-hydrogen) atoms. The third-order valence-electron chi connectivity index (χ3n) is 4.11. The number of nitrogens with zero attached hydrogens (tertiary/aromatic N) is 2. The topological polar surface area (TPSA) is 62.3 Å². The van der Waals surface area contributed by atoms with Gasteiger partial charge < -0.3 is 10.2 Å². The van der Waals surface area contributed by atoms with Gasteiger partial charge in [0.2, 0.25) is 5.91 Å². The first-order valence-corrected chi connectivity index (χ1v) is 8.28. The van der Waals surface area contributed by atoms with Crippen molar-refractivity contribution in [1.29, 1.82) is 0 Å². The van der Waals surface area contributed by atoms with E-state index >= 15 is 0 Å². The van der Waals surface area contributed by atoms with Crippen LogP contribution in [0, 0.1) is 5.92 Å². The highest BCUT2D eigenvalue weighted by molar-refractivity contribution is 6.32. The number of anilines is 1. The van der Waals surface area contributed by atoms with Crippen molar-refractivity contribution in [2.24, 2.45) is 5.92 Å². The third kappa shape index (κ3) is 3.74. The zero-order valence-electron chi connectivity index (χ0n) is 13.1. The minimum atomic E-state index is -0.224. The van der Waals surface area contributed by atoms with Gasteiger partial charge in [-0.2, -0.15) is 0 Å². The number of hydrogen-bond acceptors (Lipinski definition) is 3. The molecule has 3 rings (SSSR count). The van der Waals surface area contributed by atoms with E-state index < -0.39 is 0 Å². The minimum Gasteiger partial charge on any atom is -0.338 e. The molecule has 1 atom stereocenters. The van der Waals surface area contributed by atoms with Gasteiger partial charge >= 0.3 is 0 Å². The van der Waals surface area contributed by atoms with Crippen LogP contribution in [0.1, 0.15) is 23.2 Å². The molecule has 0 aliphatic carbocycles. The summed E-state index contributed by atoms with van der Waals surface area (Å²) in [5.74, 6) is -0.459. The van der Waals surface area contributed by atoms with Crippen LogP contribution in [0.2, 0.25) is 5.15 Å². The fourth-order valence-corrected chi connectivity index (χ4v) is 3.06. The van der Waals surface area contributed by atoms with Crippen LogP contribution in [0.5, 0.6) is 0 Å². The predicted molar refractivity (Wildman–Crippen MR) is 92.9 cm³/mol. The van der Waals surface area contributed by atoms with Crippen LogP contribution < -0.4 is 5.32 Å². The van der Waals surface area contributed by atoms with E-state index in [1.54, 1.807) is 23.2 Å². The highest BCUT2D eigenvalue weighted by Crippen LogP contribution is 2.22. The Balaban J connectivity index is 1.67. The molecule has 0 spiro atoms. The molecule has 1 aliphatic rings. The van der Waals surface area contributed by atoms with Gasteiger partial charge in [-0.15, -0.1) is 0 Å². The summed E-state index contributed by atoms with van der Waals surface area (Å²) in [6.07, 6.45) is 3.10. The van der Waals surface area contributed by atoms with Crippen LogP contribution in [0.3, 0.4) is 0 Å². The molecule has 1 saturated heterocycles. The quantitative estimate of drug-likeness (QED) is 0.870. The van der Waals surface area contributed by atoms with Gasteiger partial charge in [0.15, 0.2) is 0 Å². The maximum Gasteiger partial charge on any atom is 0.257 e. The van der Waals surface area contributed by atoms with Crippen LogP contribution in [0.15, 0.2) is 48.7 Å². The van der Waals surface area contributed by atoms with Crippen LogP contribution in [-0.2, 0) is 4.79 Å². The van der Waals surface area contributed by atoms with Crippen molar-refractivity contribution in [2.75, 3.05) is 18.4 Å². The summed E-state index contributed by atoms with van der Waals surface area (Å²) < 4.78 is 0. The number of aromatic nitrogens is 1. The van der Waals surface area contributed by atoms with Gasteiger partial charge in [-0.3, -0.25) is 9.59 Å². The smallest absolute Gasteiger partial charge is 0.257 e. The Morgan fingerprint density at radius 1 is 1.17 bits per heavy atom. The molecule has 1 N–H and O–H groups in total. The Morgan fingerprint density at radius 3 is 2.71 bits per heavy atom. The Bertz CT molecular complexity index is 736. The van der Waals surface area contributed by atoms with E-state index in [0.29, 0.717) is 18.7 Å². The van der Waals surface area contributed by atoms with Gasteiger partial charge in [-0.1, -0.05) is 29.8 Å². The number of nitrogens with one attached hydrogen (secondary N) is 1. The molecule has 0 radical (unpaired) electrons. The predicted octanol–water partition coefficient (Wildman–Crippen LogP) is 3.23. The first-order chi connectivity index (χ1) is 11.6. The molecule has 5 nitrogen and oxygen atoms in total. The van der Waals surface area contributed by atoms with E-state index in [-0.39, 0.29) is 22.9 Å². The highest BCUT2D eigenvalue weighted by atomic mass is 35.5. The Labute approximate surface area is 145 Å². The molecule has 1 aliphatic heterocycles. The Hall–Kier alpha value is -2.40. The number of carbonyl (C=O) groups is 2. The lowest BCUT2D eigenvalue weighted by Gasteiger charge is -2.32. The Morgan fingerprint density at radius 2 is 1.96 bits per heavy atom. The van der Waals surface area contributed by atoms with E-state index in [1.165, 1.54) is 0 Å². The normalized spacial score (nSPS) is 17.4. The number of piperidine rings is 1. The van der Waals surface area contributed by atoms with Crippen LogP contribution in [0.4, 0.5) is 5.69 Å². The second-order valence-electron chi connectivity index (χ2n) is 5.79. The zero-order valence-corrected chi connectivity index (χ0v) is 13.9. The number of pyridine rings is 1. The minimum absolute atomic E-state index is 0.0593. The van der Waals surface area contributed by atoms with Gasteiger partial charge in [0.1, 0.15) is 5.15 Å². The van der Waals surface area contributed by atoms with Crippen molar-refractivity contribution >= 4 is 29.1 Å². The maximum absolute atomic E-state index is 12.6. The second-order valence-corrected chi connectivity index (χ2v) is 6.15. The zero-order chi connectivity index (χ0) is 16.9. The molecule has 0 unspecified atom stereocenters. The van der Waals surface area contributed by atoms with Crippen molar-refractivity contribution in [3.63, 3.8) is 0 Å². The molecule has 2 amide bonds. The van der Waals surface area contributed by atoms with Gasteiger partial charge in [0.05, 0.1) is 11.5 Å². The van der Waals surface area contributed by atoms with Crippen LogP contribution in [0.25, 0.3) is 0 Å². The molecule has 2 heterocycles. The third-order valence-corrected chi connectivity index (χ3v) is 4.41. The lowest BCUT2D eigenvalue weighted by molar-refractivity contribution is -0.121. The van der Waals surface area contributed by atoms with Crippen LogP contribution >= 0.6 is 11.6 Å². The number of halogens is 1.